The van der Waals surface area contributed by atoms with Crippen LogP contribution in [-0.2, 0) is 6.42 Å². The molecule has 1 aromatic heterocycles. The van der Waals surface area contributed by atoms with Crippen molar-refractivity contribution in [2.45, 2.75) is 20.3 Å². The van der Waals surface area contributed by atoms with Gasteiger partial charge in [0.05, 0.1) is 3.57 Å². The quantitative estimate of drug-likeness (QED) is 0.837. The van der Waals surface area contributed by atoms with E-state index in [0.717, 1.165) is 35.4 Å². The highest BCUT2D eigenvalue weighted by Gasteiger charge is 2.04. The molecule has 1 aromatic rings. The average Bonchev–Trinajstić information content (AvgIpc) is 2.24. The molecule has 0 saturated heterocycles. The van der Waals surface area contributed by atoms with Gasteiger partial charge in [-0.25, -0.2) is 9.97 Å². The molecule has 0 unspecified atom stereocenters. The van der Waals surface area contributed by atoms with Gasteiger partial charge in [-0.2, -0.15) is 0 Å². The van der Waals surface area contributed by atoms with Gasteiger partial charge in [0.1, 0.15) is 11.6 Å². The molecule has 0 spiro atoms. The maximum atomic E-state index is 5.72. The van der Waals surface area contributed by atoms with Crippen LogP contribution in [0.15, 0.2) is 6.20 Å². The van der Waals surface area contributed by atoms with E-state index in [9.17, 15) is 0 Å². The first-order chi connectivity index (χ1) is 7.17. The van der Waals surface area contributed by atoms with Gasteiger partial charge in [-0.15, -0.1) is 0 Å². The number of aromatic nitrogens is 2. The predicted molar refractivity (Wildman–Crippen MR) is 70.7 cm³/mol. The zero-order chi connectivity index (χ0) is 11.3. The van der Waals surface area contributed by atoms with Crippen LogP contribution < -0.4 is 5.73 Å². The van der Waals surface area contributed by atoms with Crippen LogP contribution in [0.4, 0.5) is 5.82 Å². The largest absolute Gasteiger partial charge is 0.383 e. The minimum Gasteiger partial charge on any atom is -0.383 e. The third kappa shape index (κ3) is 3.90. The highest BCUT2D eigenvalue weighted by Crippen LogP contribution is 2.10. The molecule has 0 amide bonds. The molecule has 84 valence electrons. The van der Waals surface area contributed by atoms with Crippen molar-refractivity contribution < 1.29 is 0 Å². The Bertz CT molecular complexity index is 312. The van der Waals surface area contributed by atoms with E-state index in [-0.39, 0.29) is 0 Å². The Morgan fingerprint density at radius 3 is 2.60 bits per heavy atom. The van der Waals surface area contributed by atoms with Crippen LogP contribution in [-0.4, -0.2) is 34.5 Å². The first-order valence-electron chi connectivity index (χ1n) is 5.16. The molecule has 0 atom stereocenters. The molecule has 0 aliphatic rings. The summed E-state index contributed by atoms with van der Waals surface area (Å²) in [7, 11) is 0. The number of nitrogens with two attached hydrogens (primary N) is 1. The van der Waals surface area contributed by atoms with Crippen LogP contribution >= 0.6 is 22.6 Å². The number of nitrogens with zero attached hydrogens (tertiary/aromatic N) is 3. The number of rotatable bonds is 5. The normalized spacial score (nSPS) is 10.9. The summed E-state index contributed by atoms with van der Waals surface area (Å²) >= 11 is 2.14. The van der Waals surface area contributed by atoms with E-state index in [0.29, 0.717) is 5.82 Å². The summed E-state index contributed by atoms with van der Waals surface area (Å²) in [5.41, 5.74) is 5.72. The Labute approximate surface area is 104 Å². The standard InChI is InChI=1S/C10H17IN4/c1-3-15(4-2)6-5-9-13-7-8(11)10(12)14-9/h7H,3-6H2,1-2H3,(H2,12,13,14). The van der Waals surface area contributed by atoms with Crippen molar-refractivity contribution in [2.24, 2.45) is 0 Å². The molecule has 0 aliphatic heterocycles. The fraction of sp³-hybridized carbons (Fsp3) is 0.600. The fourth-order valence-electron chi connectivity index (χ4n) is 1.34. The van der Waals surface area contributed by atoms with Crippen molar-refractivity contribution in [1.82, 2.24) is 14.9 Å². The number of nitrogen functional groups attached to an aromatic ring is 1. The third-order valence-electron chi connectivity index (χ3n) is 2.37. The van der Waals surface area contributed by atoms with Gasteiger partial charge in [-0.05, 0) is 35.7 Å². The van der Waals surface area contributed by atoms with E-state index < -0.39 is 0 Å². The number of halogens is 1. The average molecular weight is 320 g/mol. The summed E-state index contributed by atoms with van der Waals surface area (Å²) in [4.78, 5) is 10.8. The topological polar surface area (TPSA) is 55.0 Å². The summed E-state index contributed by atoms with van der Waals surface area (Å²) in [6, 6.07) is 0. The number of likely N-dealkylation sites (N-methyl/N-ethyl adjacent to an activating group) is 1. The van der Waals surface area contributed by atoms with Crippen molar-refractivity contribution in [3.05, 3.63) is 15.6 Å². The van der Waals surface area contributed by atoms with Crippen molar-refractivity contribution in [2.75, 3.05) is 25.4 Å². The fourth-order valence-corrected chi connectivity index (χ4v) is 1.60. The summed E-state index contributed by atoms with van der Waals surface area (Å²) in [6.07, 6.45) is 2.64. The maximum Gasteiger partial charge on any atom is 0.140 e. The molecule has 0 saturated carbocycles. The molecular formula is C10H17IN4. The number of anilines is 1. The van der Waals surface area contributed by atoms with Crippen molar-refractivity contribution in [1.29, 1.82) is 0 Å². The lowest BCUT2D eigenvalue weighted by Crippen LogP contribution is -2.25. The van der Waals surface area contributed by atoms with Crippen molar-refractivity contribution in [3.63, 3.8) is 0 Å². The zero-order valence-electron chi connectivity index (χ0n) is 9.20. The van der Waals surface area contributed by atoms with Crippen LogP contribution in [0.3, 0.4) is 0 Å². The van der Waals surface area contributed by atoms with Gasteiger partial charge in [-0.3, -0.25) is 0 Å². The lowest BCUT2D eigenvalue weighted by Gasteiger charge is -2.17. The Kier molecular flexibility index (Phi) is 5.24. The Hall–Kier alpha value is -0.430. The lowest BCUT2D eigenvalue weighted by atomic mass is 10.3. The maximum absolute atomic E-state index is 5.72. The van der Waals surface area contributed by atoms with Gasteiger partial charge in [0.2, 0.25) is 0 Å². The van der Waals surface area contributed by atoms with Gasteiger partial charge < -0.3 is 10.6 Å². The highest BCUT2D eigenvalue weighted by atomic mass is 127. The predicted octanol–water partition coefficient (Wildman–Crippen LogP) is 1.55. The van der Waals surface area contributed by atoms with Crippen LogP contribution in [0.2, 0.25) is 0 Å². The van der Waals surface area contributed by atoms with Crippen LogP contribution in [0, 0.1) is 3.57 Å². The molecular weight excluding hydrogens is 303 g/mol. The lowest BCUT2D eigenvalue weighted by molar-refractivity contribution is 0.306. The van der Waals surface area contributed by atoms with Crippen molar-refractivity contribution >= 4 is 28.4 Å². The van der Waals surface area contributed by atoms with Gasteiger partial charge >= 0.3 is 0 Å². The molecule has 1 rings (SSSR count). The molecule has 0 radical (unpaired) electrons. The third-order valence-corrected chi connectivity index (χ3v) is 3.20. The second kappa shape index (κ2) is 6.22. The first-order valence-corrected chi connectivity index (χ1v) is 6.24. The van der Waals surface area contributed by atoms with E-state index in [4.69, 9.17) is 5.73 Å². The van der Waals surface area contributed by atoms with Crippen molar-refractivity contribution in [3.8, 4) is 0 Å². The number of hydrogen-bond donors (Lipinski definition) is 1. The summed E-state index contributed by atoms with van der Waals surface area (Å²) in [5, 5.41) is 0. The molecule has 4 nitrogen and oxygen atoms in total. The zero-order valence-corrected chi connectivity index (χ0v) is 11.4. The van der Waals surface area contributed by atoms with Gasteiger partial charge in [-0.1, -0.05) is 13.8 Å². The molecule has 0 aliphatic carbocycles. The van der Waals surface area contributed by atoms with Crippen LogP contribution in [0.1, 0.15) is 19.7 Å². The molecule has 0 fully saturated rings. The number of hydrogen-bond acceptors (Lipinski definition) is 4. The van der Waals surface area contributed by atoms with E-state index in [1.807, 2.05) is 0 Å². The van der Waals surface area contributed by atoms with Gasteiger partial charge in [0.15, 0.2) is 0 Å². The monoisotopic (exact) mass is 320 g/mol. The highest BCUT2D eigenvalue weighted by molar-refractivity contribution is 14.1. The van der Waals surface area contributed by atoms with E-state index >= 15 is 0 Å². The first kappa shape index (κ1) is 12.6. The van der Waals surface area contributed by atoms with E-state index in [1.54, 1.807) is 6.20 Å². The Morgan fingerprint density at radius 1 is 1.40 bits per heavy atom. The summed E-state index contributed by atoms with van der Waals surface area (Å²) < 4.78 is 0.916. The summed E-state index contributed by atoms with van der Waals surface area (Å²) in [5.74, 6) is 1.42. The molecule has 5 heteroatoms. The second-order valence-electron chi connectivity index (χ2n) is 3.30. The van der Waals surface area contributed by atoms with E-state index in [2.05, 4.69) is 51.3 Å². The summed E-state index contributed by atoms with van der Waals surface area (Å²) in [6.45, 7) is 7.44. The Morgan fingerprint density at radius 2 is 2.07 bits per heavy atom. The molecule has 15 heavy (non-hydrogen) atoms. The molecule has 0 aromatic carbocycles. The minimum absolute atomic E-state index is 0.583. The molecule has 1 heterocycles. The second-order valence-corrected chi connectivity index (χ2v) is 4.46. The van der Waals surface area contributed by atoms with Gasteiger partial charge in [0.25, 0.3) is 0 Å². The van der Waals surface area contributed by atoms with Crippen LogP contribution in [0.25, 0.3) is 0 Å². The van der Waals surface area contributed by atoms with E-state index in [1.165, 1.54) is 0 Å². The van der Waals surface area contributed by atoms with Crippen LogP contribution in [0.5, 0.6) is 0 Å². The molecule has 2 N–H and O–H groups in total. The smallest absolute Gasteiger partial charge is 0.140 e. The SMILES string of the molecule is CCN(CC)CCc1ncc(I)c(N)n1. The minimum atomic E-state index is 0.583. The van der Waals surface area contributed by atoms with Gasteiger partial charge in [0, 0.05) is 19.2 Å². The molecule has 0 bridgehead atoms. The Balaban J connectivity index is 2.54.